The van der Waals surface area contributed by atoms with Gasteiger partial charge in [-0.25, -0.2) is 4.79 Å². The van der Waals surface area contributed by atoms with Crippen LogP contribution < -0.4 is 10.6 Å². The summed E-state index contributed by atoms with van der Waals surface area (Å²) in [5, 5.41) is 4.69. The Kier molecular flexibility index (Phi) is 8.99. The molecule has 7 heteroatoms. The molecular formula is C24H32N2O4Si. The van der Waals surface area contributed by atoms with Crippen molar-refractivity contribution in [3.05, 3.63) is 71.8 Å². The Morgan fingerprint density at radius 1 is 1.00 bits per heavy atom. The van der Waals surface area contributed by atoms with E-state index in [1.807, 2.05) is 87.6 Å². The van der Waals surface area contributed by atoms with Crippen LogP contribution in [-0.2, 0) is 27.4 Å². The number of hydrogen-bond acceptors (Lipinski definition) is 4. The minimum absolute atomic E-state index is 0.115. The lowest BCUT2D eigenvalue weighted by Crippen LogP contribution is -2.64. The zero-order chi connectivity index (χ0) is 22.9. The van der Waals surface area contributed by atoms with Gasteiger partial charge in [0.15, 0.2) is 0 Å². The van der Waals surface area contributed by atoms with E-state index < -0.39 is 26.1 Å². The summed E-state index contributed by atoms with van der Waals surface area (Å²) in [5.41, 5.74) is 1.84. The molecule has 1 unspecified atom stereocenters. The SMILES string of the molecule is CC(C)[C@H](NC(=O)OCc1ccccc1)C(=O)NC(C=O)(Cc1ccccc1)[SiH](C)C. The molecule has 6 nitrogen and oxygen atoms in total. The van der Waals surface area contributed by atoms with Crippen molar-refractivity contribution in [1.29, 1.82) is 0 Å². The molecule has 0 aliphatic carbocycles. The first-order valence-electron chi connectivity index (χ1n) is 10.6. The molecule has 2 atom stereocenters. The molecule has 166 valence electrons. The summed E-state index contributed by atoms with van der Waals surface area (Å²) in [5.74, 6) is -0.560. The number of benzene rings is 2. The van der Waals surface area contributed by atoms with Gasteiger partial charge < -0.3 is 20.2 Å². The highest BCUT2D eigenvalue weighted by atomic mass is 28.3. The maximum atomic E-state index is 13.1. The molecule has 0 spiro atoms. The van der Waals surface area contributed by atoms with Crippen molar-refractivity contribution < 1.29 is 19.1 Å². The Labute approximate surface area is 186 Å². The molecule has 0 saturated carbocycles. The molecule has 2 rings (SSSR count). The van der Waals surface area contributed by atoms with Crippen molar-refractivity contribution in [3.63, 3.8) is 0 Å². The average Bonchev–Trinajstić information content (AvgIpc) is 2.76. The minimum atomic E-state index is -1.65. The van der Waals surface area contributed by atoms with Crippen molar-refractivity contribution >= 4 is 27.1 Å². The van der Waals surface area contributed by atoms with Gasteiger partial charge >= 0.3 is 6.09 Å². The largest absolute Gasteiger partial charge is 0.445 e. The fraction of sp³-hybridized carbons (Fsp3) is 0.375. The van der Waals surface area contributed by atoms with Gasteiger partial charge in [-0.05, 0) is 23.5 Å². The molecule has 0 bridgehead atoms. The maximum Gasteiger partial charge on any atom is 0.408 e. The van der Waals surface area contributed by atoms with E-state index in [-0.39, 0.29) is 18.4 Å². The second-order valence-corrected chi connectivity index (χ2v) is 11.7. The number of nitrogens with one attached hydrogen (secondary N) is 2. The van der Waals surface area contributed by atoms with Crippen LogP contribution in [-0.4, -0.2) is 38.3 Å². The molecule has 0 heterocycles. The summed E-state index contributed by atoms with van der Waals surface area (Å²) in [4.78, 5) is 37.7. The van der Waals surface area contributed by atoms with Crippen LogP contribution in [0.3, 0.4) is 0 Å². The molecule has 0 fully saturated rings. The lowest BCUT2D eigenvalue weighted by molar-refractivity contribution is -0.127. The topological polar surface area (TPSA) is 84.5 Å². The fourth-order valence-corrected chi connectivity index (χ4v) is 4.61. The normalized spacial score (nSPS) is 13.9. The van der Waals surface area contributed by atoms with E-state index in [1.54, 1.807) is 0 Å². The van der Waals surface area contributed by atoms with Crippen molar-refractivity contribution in [2.75, 3.05) is 0 Å². The summed E-state index contributed by atoms with van der Waals surface area (Å²) < 4.78 is 5.27. The first-order valence-corrected chi connectivity index (χ1v) is 13.5. The molecule has 2 amide bonds. The van der Waals surface area contributed by atoms with Crippen LogP contribution in [0.15, 0.2) is 60.7 Å². The zero-order valence-corrected chi connectivity index (χ0v) is 19.8. The van der Waals surface area contributed by atoms with Crippen LogP contribution in [0.4, 0.5) is 4.79 Å². The first kappa shape index (κ1) is 24.3. The Morgan fingerprint density at radius 3 is 2.03 bits per heavy atom. The summed E-state index contributed by atoms with van der Waals surface area (Å²) >= 11 is 0. The molecular weight excluding hydrogens is 408 g/mol. The van der Waals surface area contributed by atoms with E-state index in [0.29, 0.717) is 6.42 Å². The number of rotatable bonds is 10. The van der Waals surface area contributed by atoms with E-state index in [2.05, 4.69) is 10.6 Å². The third-order valence-corrected chi connectivity index (χ3v) is 7.92. The van der Waals surface area contributed by atoms with Gasteiger partial charge in [-0.1, -0.05) is 87.6 Å². The standard InChI is InChI=1S/C24H32N2O4Si/c1-18(2)21(25-23(29)30-16-20-13-9-6-10-14-20)22(28)26-24(17-27,31(3)4)15-19-11-7-5-8-12-19/h5-14,17-18,21,31H,15-16H2,1-4H3,(H,25,29)(H,26,28)/t21-,24?/m0/s1. The Bertz CT molecular complexity index is 858. The minimum Gasteiger partial charge on any atom is -0.445 e. The number of alkyl carbamates (subject to hydrolysis) is 1. The third-order valence-electron chi connectivity index (χ3n) is 5.37. The number of carbonyl (C=O) groups is 3. The zero-order valence-electron chi connectivity index (χ0n) is 18.6. The van der Waals surface area contributed by atoms with Crippen LogP contribution >= 0.6 is 0 Å². The highest BCUT2D eigenvalue weighted by Gasteiger charge is 2.38. The van der Waals surface area contributed by atoms with E-state index in [9.17, 15) is 14.4 Å². The number of carbonyl (C=O) groups excluding carboxylic acids is 3. The Morgan fingerprint density at radius 2 is 1.55 bits per heavy atom. The van der Waals surface area contributed by atoms with Crippen molar-refractivity contribution in [2.45, 2.75) is 51.2 Å². The summed E-state index contributed by atoms with van der Waals surface area (Å²) in [7, 11) is -1.65. The van der Waals surface area contributed by atoms with Crippen LogP contribution in [0.25, 0.3) is 0 Å². The molecule has 0 aliphatic heterocycles. The van der Waals surface area contributed by atoms with Gasteiger partial charge in [0.2, 0.25) is 5.91 Å². The summed E-state index contributed by atoms with van der Waals surface area (Å²) in [6.07, 6.45) is 0.620. The van der Waals surface area contributed by atoms with E-state index in [1.165, 1.54) is 0 Å². The summed E-state index contributed by atoms with van der Waals surface area (Å²) in [6, 6.07) is 18.1. The van der Waals surface area contributed by atoms with E-state index in [0.717, 1.165) is 17.4 Å². The maximum absolute atomic E-state index is 13.1. The van der Waals surface area contributed by atoms with E-state index in [4.69, 9.17) is 4.74 Å². The van der Waals surface area contributed by atoms with Gasteiger partial charge in [0.05, 0.1) is 14.0 Å². The monoisotopic (exact) mass is 440 g/mol. The van der Waals surface area contributed by atoms with Crippen LogP contribution in [0.5, 0.6) is 0 Å². The predicted molar refractivity (Wildman–Crippen MR) is 124 cm³/mol. The molecule has 0 radical (unpaired) electrons. The van der Waals surface area contributed by atoms with Gasteiger partial charge in [-0.15, -0.1) is 0 Å². The number of aldehydes is 1. The number of ether oxygens (including phenoxy) is 1. The fourth-order valence-electron chi connectivity index (χ4n) is 3.27. The number of amides is 2. The van der Waals surface area contributed by atoms with Gasteiger partial charge in [-0.2, -0.15) is 0 Å². The van der Waals surface area contributed by atoms with Crippen molar-refractivity contribution in [2.24, 2.45) is 5.92 Å². The molecule has 2 aromatic carbocycles. The lowest BCUT2D eigenvalue weighted by Gasteiger charge is -2.35. The number of hydrogen-bond donors (Lipinski definition) is 2. The Balaban J connectivity index is 2.09. The highest BCUT2D eigenvalue weighted by Crippen LogP contribution is 2.17. The first-order chi connectivity index (χ1) is 14.8. The third kappa shape index (κ3) is 7.06. The van der Waals surface area contributed by atoms with Gasteiger partial charge in [0.25, 0.3) is 0 Å². The second-order valence-electron chi connectivity index (χ2n) is 8.39. The molecule has 0 aliphatic rings. The molecule has 2 N–H and O–H groups in total. The van der Waals surface area contributed by atoms with Crippen LogP contribution in [0, 0.1) is 5.92 Å². The summed E-state index contributed by atoms with van der Waals surface area (Å²) in [6.45, 7) is 7.86. The van der Waals surface area contributed by atoms with Gasteiger partial charge in [0, 0.05) is 0 Å². The lowest BCUT2D eigenvalue weighted by atomic mass is 10.0. The molecule has 0 aromatic heterocycles. The van der Waals surface area contributed by atoms with E-state index >= 15 is 0 Å². The molecule has 0 saturated heterocycles. The average molecular weight is 441 g/mol. The van der Waals surface area contributed by atoms with Crippen LogP contribution in [0.1, 0.15) is 25.0 Å². The predicted octanol–water partition coefficient (Wildman–Crippen LogP) is 3.26. The Hall–Kier alpha value is -2.93. The quantitative estimate of drug-likeness (QED) is 0.439. The van der Waals surface area contributed by atoms with Gasteiger partial charge in [-0.3, -0.25) is 4.79 Å². The van der Waals surface area contributed by atoms with Gasteiger partial charge in [0.1, 0.15) is 18.9 Å². The highest BCUT2D eigenvalue weighted by molar-refractivity contribution is 6.63. The van der Waals surface area contributed by atoms with Crippen molar-refractivity contribution in [3.8, 4) is 0 Å². The second kappa shape index (κ2) is 11.5. The molecule has 31 heavy (non-hydrogen) atoms. The smallest absolute Gasteiger partial charge is 0.408 e. The van der Waals surface area contributed by atoms with Crippen molar-refractivity contribution in [1.82, 2.24) is 10.6 Å². The molecule has 2 aromatic rings. The van der Waals surface area contributed by atoms with Crippen LogP contribution in [0.2, 0.25) is 13.1 Å².